The van der Waals surface area contributed by atoms with E-state index in [0.717, 1.165) is 10.0 Å². The van der Waals surface area contributed by atoms with Crippen LogP contribution in [0.15, 0.2) is 46.9 Å². The van der Waals surface area contributed by atoms with Gasteiger partial charge in [0.2, 0.25) is 0 Å². The highest BCUT2D eigenvalue weighted by molar-refractivity contribution is 9.10. The predicted octanol–water partition coefficient (Wildman–Crippen LogP) is 4.55. The summed E-state index contributed by atoms with van der Waals surface area (Å²) in [6.07, 6.45) is 0. The molecule has 1 atom stereocenters. The van der Waals surface area contributed by atoms with E-state index in [1.165, 1.54) is 6.07 Å². The molecule has 1 nitrogen and oxygen atoms in total. The van der Waals surface area contributed by atoms with Crippen molar-refractivity contribution in [3.8, 4) is 0 Å². The van der Waals surface area contributed by atoms with Crippen LogP contribution < -0.4 is 5.32 Å². The summed E-state index contributed by atoms with van der Waals surface area (Å²) < 4.78 is 14.7. The van der Waals surface area contributed by atoms with Crippen LogP contribution in [0.2, 0.25) is 5.02 Å². The van der Waals surface area contributed by atoms with Gasteiger partial charge in [-0.2, -0.15) is 0 Å². The molecule has 0 saturated carbocycles. The zero-order valence-electron chi connectivity index (χ0n) is 9.75. The van der Waals surface area contributed by atoms with E-state index in [0.29, 0.717) is 10.6 Å². The van der Waals surface area contributed by atoms with Crippen LogP contribution in [0, 0.1) is 5.82 Å². The van der Waals surface area contributed by atoms with Gasteiger partial charge in [0.05, 0.1) is 6.04 Å². The van der Waals surface area contributed by atoms with E-state index < -0.39 is 0 Å². The minimum Gasteiger partial charge on any atom is -0.309 e. The molecule has 0 saturated heterocycles. The zero-order valence-corrected chi connectivity index (χ0v) is 12.1. The number of halogens is 3. The molecule has 1 N–H and O–H groups in total. The molecule has 0 aliphatic carbocycles. The predicted molar refractivity (Wildman–Crippen MR) is 76.5 cm³/mol. The lowest BCUT2D eigenvalue weighted by molar-refractivity contribution is 0.576. The maximum Gasteiger partial charge on any atom is 0.128 e. The van der Waals surface area contributed by atoms with Gasteiger partial charge < -0.3 is 5.32 Å². The molecule has 0 aliphatic rings. The van der Waals surface area contributed by atoms with Crippen LogP contribution in [-0.2, 0) is 0 Å². The Morgan fingerprint density at radius 1 is 1.17 bits per heavy atom. The summed E-state index contributed by atoms with van der Waals surface area (Å²) in [5.41, 5.74) is 1.58. The van der Waals surface area contributed by atoms with Crippen LogP contribution in [-0.4, -0.2) is 7.05 Å². The van der Waals surface area contributed by atoms with Crippen LogP contribution in [0.4, 0.5) is 4.39 Å². The smallest absolute Gasteiger partial charge is 0.128 e. The fraction of sp³-hybridized carbons (Fsp3) is 0.143. The molecular weight excluding hydrogens is 317 g/mol. The van der Waals surface area contributed by atoms with E-state index in [4.69, 9.17) is 11.6 Å². The van der Waals surface area contributed by atoms with Gasteiger partial charge in [-0.1, -0.05) is 39.7 Å². The van der Waals surface area contributed by atoms with Gasteiger partial charge in [-0.15, -0.1) is 0 Å². The van der Waals surface area contributed by atoms with Crippen molar-refractivity contribution in [2.45, 2.75) is 6.04 Å². The van der Waals surface area contributed by atoms with Crippen molar-refractivity contribution in [2.24, 2.45) is 0 Å². The first-order valence-electron chi connectivity index (χ1n) is 5.49. The van der Waals surface area contributed by atoms with Crippen LogP contribution in [0.5, 0.6) is 0 Å². The molecule has 2 aromatic carbocycles. The number of benzene rings is 2. The fourth-order valence-electron chi connectivity index (χ4n) is 1.89. The average Bonchev–Trinajstić information content (AvgIpc) is 2.37. The zero-order chi connectivity index (χ0) is 13.1. The summed E-state index contributed by atoms with van der Waals surface area (Å²) >= 11 is 9.22. The second-order valence-electron chi connectivity index (χ2n) is 3.94. The van der Waals surface area contributed by atoms with Crippen molar-refractivity contribution < 1.29 is 4.39 Å². The molecule has 0 aromatic heterocycles. The topological polar surface area (TPSA) is 12.0 Å². The Kier molecular flexibility index (Phi) is 4.38. The standard InChI is InChI=1S/C14H12BrClFN/c1-18-14(9-2-5-11(16)6-3-9)12-8-10(15)4-7-13(12)17/h2-8,14,18H,1H3. The summed E-state index contributed by atoms with van der Waals surface area (Å²) in [7, 11) is 1.81. The molecule has 18 heavy (non-hydrogen) atoms. The van der Waals surface area contributed by atoms with E-state index in [1.54, 1.807) is 31.3 Å². The minimum absolute atomic E-state index is 0.195. The summed E-state index contributed by atoms with van der Waals surface area (Å²) in [5.74, 6) is -0.229. The Bertz CT molecular complexity index is 542. The highest BCUT2D eigenvalue weighted by Gasteiger charge is 2.16. The molecule has 0 amide bonds. The largest absolute Gasteiger partial charge is 0.309 e. The lowest BCUT2D eigenvalue weighted by Gasteiger charge is -2.18. The van der Waals surface area contributed by atoms with E-state index in [-0.39, 0.29) is 11.9 Å². The SMILES string of the molecule is CNC(c1ccc(Cl)cc1)c1cc(Br)ccc1F. The molecule has 1 unspecified atom stereocenters. The van der Waals surface area contributed by atoms with Gasteiger partial charge in [0.1, 0.15) is 5.82 Å². The Labute approximate surface area is 119 Å². The summed E-state index contributed by atoms with van der Waals surface area (Å²) in [4.78, 5) is 0. The highest BCUT2D eigenvalue weighted by atomic mass is 79.9. The third-order valence-electron chi connectivity index (χ3n) is 2.76. The van der Waals surface area contributed by atoms with Crippen LogP contribution in [0.3, 0.4) is 0 Å². The minimum atomic E-state index is -0.229. The van der Waals surface area contributed by atoms with Gasteiger partial charge in [0.25, 0.3) is 0 Å². The molecule has 0 radical (unpaired) electrons. The first-order chi connectivity index (χ1) is 8.61. The van der Waals surface area contributed by atoms with Crippen molar-refractivity contribution >= 4 is 27.5 Å². The summed E-state index contributed by atoms with van der Waals surface area (Å²) in [6, 6.07) is 12.1. The summed E-state index contributed by atoms with van der Waals surface area (Å²) in [5, 5.41) is 3.79. The monoisotopic (exact) mass is 327 g/mol. The Hall–Kier alpha value is -0.900. The van der Waals surface area contributed by atoms with Gasteiger partial charge in [-0.05, 0) is 42.9 Å². The molecule has 2 rings (SSSR count). The first kappa shape index (κ1) is 13.5. The number of nitrogens with one attached hydrogen (secondary N) is 1. The lowest BCUT2D eigenvalue weighted by atomic mass is 9.98. The van der Waals surface area contributed by atoms with Gasteiger partial charge in [-0.25, -0.2) is 4.39 Å². The van der Waals surface area contributed by atoms with Crippen LogP contribution in [0.1, 0.15) is 17.2 Å². The van der Waals surface area contributed by atoms with E-state index in [9.17, 15) is 4.39 Å². The van der Waals surface area contributed by atoms with Crippen molar-refractivity contribution in [3.05, 3.63) is 68.9 Å². The average molecular weight is 329 g/mol. The van der Waals surface area contributed by atoms with Gasteiger partial charge in [0.15, 0.2) is 0 Å². The number of hydrogen-bond donors (Lipinski definition) is 1. The van der Waals surface area contributed by atoms with E-state index in [1.807, 2.05) is 12.1 Å². The van der Waals surface area contributed by atoms with Crippen molar-refractivity contribution in [3.63, 3.8) is 0 Å². The molecule has 0 fully saturated rings. The maximum absolute atomic E-state index is 13.9. The van der Waals surface area contributed by atoms with Crippen molar-refractivity contribution in [2.75, 3.05) is 7.05 Å². The Morgan fingerprint density at radius 2 is 1.83 bits per heavy atom. The Balaban J connectivity index is 2.44. The molecule has 0 bridgehead atoms. The molecule has 2 aromatic rings. The summed E-state index contributed by atoms with van der Waals surface area (Å²) in [6.45, 7) is 0. The van der Waals surface area contributed by atoms with E-state index >= 15 is 0 Å². The second-order valence-corrected chi connectivity index (χ2v) is 5.29. The lowest BCUT2D eigenvalue weighted by Crippen LogP contribution is -2.18. The second kappa shape index (κ2) is 5.83. The normalized spacial score (nSPS) is 12.4. The van der Waals surface area contributed by atoms with Crippen LogP contribution >= 0.6 is 27.5 Å². The fourth-order valence-corrected chi connectivity index (χ4v) is 2.40. The molecule has 4 heteroatoms. The van der Waals surface area contributed by atoms with Crippen molar-refractivity contribution in [1.82, 2.24) is 5.32 Å². The third kappa shape index (κ3) is 2.91. The van der Waals surface area contributed by atoms with Gasteiger partial charge >= 0.3 is 0 Å². The van der Waals surface area contributed by atoms with Gasteiger partial charge in [0, 0.05) is 15.1 Å². The van der Waals surface area contributed by atoms with Crippen LogP contribution in [0.25, 0.3) is 0 Å². The Morgan fingerprint density at radius 3 is 2.44 bits per heavy atom. The molecule has 0 spiro atoms. The quantitative estimate of drug-likeness (QED) is 0.871. The maximum atomic E-state index is 13.9. The number of hydrogen-bond acceptors (Lipinski definition) is 1. The molecular formula is C14H12BrClFN. The molecule has 0 aliphatic heterocycles. The third-order valence-corrected chi connectivity index (χ3v) is 3.51. The number of rotatable bonds is 3. The highest BCUT2D eigenvalue weighted by Crippen LogP contribution is 2.27. The first-order valence-corrected chi connectivity index (χ1v) is 6.66. The molecule has 0 heterocycles. The van der Waals surface area contributed by atoms with E-state index in [2.05, 4.69) is 21.2 Å². The van der Waals surface area contributed by atoms with Crippen molar-refractivity contribution in [1.29, 1.82) is 0 Å². The van der Waals surface area contributed by atoms with Gasteiger partial charge in [-0.3, -0.25) is 0 Å². The molecule has 94 valence electrons.